The van der Waals surface area contributed by atoms with Crippen molar-refractivity contribution in [3.05, 3.63) is 59.1 Å². The van der Waals surface area contributed by atoms with Crippen molar-refractivity contribution >= 4 is 39.4 Å². The Bertz CT molecular complexity index is 1110. The second-order valence-corrected chi connectivity index (χ2v) is 7.29. The largest absolute Gasteiger partial charge is 0.497 e. The van der Waals surface area contributed by atoms with Crippen molar-refractivity contribution in [1.29, 1.82) is 0 Å². The minimum Gasteiger partial charge on any atom is -0.497 e. The van der Waals surface area contributed by atoms with Crippen LogP contribution < -0.4 is 15.5 Å². The lowest BCUT2D eigenvalue weighted by atomic mass is 9.92. The van der Waals surface area contributed by atoms with E-state index in [2.05, 4.69) is 15.7 Å². The third-order valence-electron chi connectivity index (χ3n) is 4.64. The normalized spacial score (nSPS) is 19.0. The number of hydrazine groups is 1. The fourth-order valence-electron chi connectivity index (χ4n) is 3.03. The van der Waals surface area contributed by atoms with Gasteiger partial charge in [0.2, 0.25) is 0 Å². The van der Waals surface area contributed by atoms with Gasteiger partial charge in [-0.25, -0.2) is 9.78 Å². The van der Waals surface area contributed by atoms with Gasteiger partial charge in [0.05, 0.1) is 22.8 Å². The quantitative estimate of drug-likeness (QED) is 0.660. The fraction of sp³-hybridized carbons (Fsp3) is 0.158. The Hall–Kier alpha value is -3.46. The van der Waals surface area contributed by atoms with Crippen LogP contribution in [0, 0.1) is 0 Å². The van der Waals surface area contributed by atoms with Crippen molar-refractivity contribution in [3.63, 3.8) is 0 Å². The molecule has 4 rings (SSSR count). The summed E-state index contributed by atoms with van der Waals surface area (Å²) >= 11 is 1.40. The van der Waals surface area contributed by atoms with Crippen LogP contribution in [0.2, 0.25) is 0 Å². The summed E-state index contributed by atoms with van der Waals surface area (Å²) in [5.74, 6) is -0.590. The number of hydrogen-bond donors (Lipinski definition) is 2. The van der Waals surface area contributed by atoms with Crippen molar-refractivity contribution in [2.24, 2.45) is 0 Å². The number of nitrogens with zero attached hydrogens (tertiary/aromatic N) is 2. The Kier molecular flexibility index (Phi) is 4.23. The number of fused-ring (bicyclic) bond motifs is 1. The molecule has 2 heterocycles. The van der Waals surface area contributed by atoms with Crippen molar-refractivity contribution in [2.75, 3.05) is 7.11 Å². The predicted molar refractivity (Wildman–Crippen MR) is 103 cm³/mol. The number of benzene rings is 2. The standard InChI is InChI=1S/C19H16N4O4S/c1-19(12-4-3-5-13(9-12)27-2)17(25)23(18(26)21-19)22-16(24)11-6-7-14-15(8-11)28-10-20-14/h3-10H,1-2H3,(H,21,26)(H,22,24)/t19-/m0/s1. The summed E-state index contributed by atoms with van der Waals surface area (Å²) in [6.45, 7) is 1.58. The molecule has 1 aliphatic heterocycles. The van der Waals surface area contributed by atoms with Gasteiger partial charge in [-0.05, 0) is 42.8 Å². The summed E-state index contributed by atoms with van der Waals surface area (Å²) in [7, 11) is 1.52. The molecule has 0 bridgehead atoms. The highest BCUT2D eigenvalue weighted by atomic mass is 32.1. The average Bonchev–Trinajstić information content (AvgIpc) is 3.26. The number of hydrogen-bond acceptors (Lipinski definition) is 6. The van der Waals surface area contributed by atoms with Gasteiger partial charge in [-0.2, -0.15) is 5.01 Å². The zero-order valence-electron chi connectivity index (χ0n) is 15.1. The Morgan fingerprint density at radius 1 is 1.25 bits per heavy atom. The predicted octanol–water partition coefficient (Wildman–Crippen LogP) is 2.42. The molecule has 0 aliphatic carbocycles. The molecule has 142 valence electrons. The van der Waals surface area contributed by atoms with E-state index in [4.69, 9.17) is 4.74 Å². The minimum absolute atomic E-state index is 0.326. The van der Waals surface area contributed by atoms with Crippen molar-refractivity contribution < 1.29 is 19.1 Å². The smallest absolute Gasteiger partial charge is 0.344 e. The topological polar surface area (TPSA) is 101 Å². The first-order valence-corrected chi connectivity index (χ1v) is 9.26. The van der Waals surface area contributed by atoms with E-state index in [1.54, 1.807) is 54.9 Å². The van der Waals surface area contributed by atoms with Gasteiger partial charge in [-0.3, -0.25) is 15.0 Å². The highest BCUT2D eigenvalue weighted by molar-refractivity contribution is 7.16. The molecule has 1 aliphatic rings. The highest BCUT2D eigenvalue weighted by Gasteiger charge is 2.50. The van der Waals surface area contributed by atoms with Crippen molar-refractivity contribution in [1.82, 2.24) is 20.7 Å². The Morgan fingerprint density at radius 3 is 2.86 bits per heavy atom. The molecule has 9 heteroatoms. The number of imide groups is 1. The third-order valence-corrected chi connectivity index (χ3v) is 5.44. The monoisotopic (exact) mass is 396 g/mol. The van der Waals surface area contributed by atoms with E-state index in [1.165, 1.54) is 18.4 Å². The van der Waals surface area contributed by atoms with Crippen LogP contribution >= 0.6 is 11.3 Å². The van der Waals surface area contributed by atoms with Crippen LogP contribution in [0.4, 0.5) is 4.79 Å². The van der Waals surface area contributed by atoms with E-state index in [-0.39, 0.29) is 0 Å². The van der Waals surface area contributed by atoms with Crippen LogP contribution in [0.25, 0.3) is 10.2 Å². The van der Waals surface area contributed by atoms with Crippen LogP contribution in [0.5, 0.6) is 5.75 Å². The summed E-state index contributed by atoms with van der Waals surface area (Å²) in [6, 6.07) is 11.1. The minimum atomic E-state index is -1.32. The Labute approximate surface area is 164 Å². The molecule has 8 nitrogen and oxygen atoms in total. The van der Waals surface area contributed by atoms with Crippen LogP contribution in [0.15, 0.2) is 48.0 Å². The molecule has 1 aromatic heterocycles. The highest BCUT2D eigenvalue weighted by Crippen LogP contribution is 2.30. The van der Waals surface area contributed by atoms with Crippen LogP contribution in [0.1, 0.15) is 22.8 Å². The third kappa shape index (κ3) is 2.85. The van der Waals surface area contributed by atoms with Crippen molar-refractivity contribution in [3.8, 4) is 5.75 Å². The molecule has 1 atom stereocenters. The molecule has 0 spiro atoms. The van der Waals surface area contributed by atoms with E-state index in [0.717, 1.165) is 10.2 Å². The molecular formula is C19H16N4O4S. The molecule has 4 amide bonds. The first kappa shape index (κ1) is 17.9. The lowest BCUT2D eigenvalue weighted by molar-refractivity contribution is -0.132. The SMILES string of the molecule is COc1cccc([C@]2(C)NC(=O)N(NC(=O)c3ccc4ncsc4c3)C2=O)c1. The summed E-state index contributed by atoms with van der Waals surface area (Å²) in [6.07, 6.45) is 0. The number of thiazole rings is 1. The molecule has 28 heavy (non-hydrogen) atoms. The lowest BCUT2D eigenvalue weighted by Gasteiger charge is -2.22. The number of carbonyl (C=O) groups is 3. The van der Waals surface area contributed by atoms with Gasteiger partial charge < -0.3 is 10.1 Å². The van der Waals surface area contributed by atoms with Gasteiger partial charge in [0.15, 0.2) is 0 Å². The molecule has 3 aromatic rings. The van der Waals surface area contributed by atoms with E-state index >= 15 is 0 Å². The maximum atomic E-state index is 13.0. The van der Waals surface area contributed by atoms with Crippen LogP contribution in [0.3, 0.4) is 0 Å². The number of urea groups is 1. The first-order valence-electron chi connectivity index (χ1n) is 8.38. The summed E-state index contributed by atoms with van der Waals surface area (Å²) in [4.78, 5) is 42.1. The molecule has 1 fully saturated rings. The van der Waals surface area contributed by atoms with E-state index in [9.17, 15) is 14.4 Å². The zero-order valence-corrected chi connectivity index (χ0v) is 15.9. The van der Waals surface area contributed by atoms with Crippen molar-refractivity contribution in [2.45, 2.75) is 12.5 Å². The van der Waals surface area contributed by atoms with E-state index < -0.39 is 23.4 Å². The maximum Gasteiger partial charge on any atom is 0.344 e. The van der Waals surface area contributed by atoms with Gasteiger partial charge in [0, 0.05) is 5.56 Å². The molecule has 0 radical (unpaired) electrons. The van der Waals surface area contributed by atoms with E-state index in [0.29, 0.717) is 21.9 Å². The number of amides is 4. The van der Waals surface area contributed by atoms with Crippen LogP contribution in [-0.4, -0.2) is 34.9 Å². The summed E-state index contributed by atoms with van der Waals surface area (Å²) < 4.78 is 6.03. The summed E-state index contributed by atoms with van der Waals surface area (Å²) in [5, 5.41) is 3.35. The second-order valence-electron chi connectivity index (χ2n) is 6.40. The molecule has 2 aromatic carbocycles. The molecule has 2 N–H and O–H groups in total. The Balaban J connectivity index is 1.59. The van der Waals surface area contributed by atoms with Gasteiger partial charge in [-0.1, -0.05) is 12.1 Å². The zero-order chi connectivity index (χ0) is 19.9. The second kappa shape index (κ2) is 6.61. The number of aromatic nitrogens is 1. The van der Waals surface area contributed by atoms with E-state index in [1.807, 2.05) is 0 Å². The Morgan fingerprint density at radius 2 is 2.07 bits per heavy atom. The molecule has 0 saturated carbocycles. The number of ether oxygens (including phenoxy) is 1. The molecule has 0 unspecified atom stereocenters. The number of carbonyl (C=O) groups excluding carboxylic acids is 3. The number of rotatable bonds is 4. The average molecular weight is 396 g/mol. The molecule has 1 saturated heterocycles. The first-order chi connectivity index (χ1) is 13.4. The summed E-state index contributed by atoms with van der Waals surface area (Å²) in [5.41, 5.74) is 4.41. The maximum absolute atomic E-state index is 13.0. The fourth-order valence-corrected chi connectivity index (χ4v) is 3.75. The van der Waals surface area contributed by atoms with Gasteiger partial charge in [0.1, 0.15) is 11.3 Å². The molecular weight excluding hydrogens is 380 g/mol. The van der Waals surface area contributed by atoms with Gasteiger partial charge >= 0.3 is 6.03 Å². The van der Waals surface area contributed by atoms with Gasteiger partial charge in [-0.15, -0.1) is 11.3 Å². The number of methoxy groups -OCH3 is 1. The van der Waals surface area contributed by atoms with Crippen LogP contribution in [-0.2, 0) is 10.3 Å². The van der Waals surface area contributed by atoms with Gasteiger partial charge in [0.25, 0.3) is 11.8 Å². The number of nitrogens with one attached hydrogen (secondary N) is 2. The lowest BCUT2D eigenvalue weighted by Crippen LogP contribution is -2.47.